The Labute approximate surface area is 131 Å². The summed E-state index contributed by atoms with van der Waals surface area (Å²) in [5.41, 5.74) is 2.49. The number of carbonyl (C=O) groups is 1. The zero-order chi connectivity index (χ0) is 15.0. The van der Waals surface area contributed by atoms with E-state index in [1.807, 2.05) is 37.4 Å². The molecular weight excluding hydrogens is 302 g/mol. The van der Waals surface area contributed by atoms with Gasteiger partial charge < -0.3 is 4.90 Å². The van der Waals surface area contributed by atoms with Gasteiger partial charge in [0.1, 0.15) is 0 Å². The Bertz CT molecular complexity index is 806. The largest absolute Gasteiger partial charge is 0.336 e. The van der Waals surface area contributed by atoms with Crippen molar-refractivity contribution in [3.8, 4) is 0 Å². The monoisotopic (exact) mass is 317 g/mol. The average Bonchev–Trinajstić information content (AvgIpc) is 3.01. The molecule has 0 bridgehead atoms. The van der Waals surface area contributed by atoms with Crippen LogP contribution in [0.3, 0.4) is 0 Å². The number of fused-ring (bicyclic) bond motifs is 1. The second-order valence-corrected chi connectivity index (χ2v) is 7.23. The van der Waals surface area contributed by atoms with E-state index in [-0.39, 0.29) is 5.91 Å². The van der Waals surface area contributed by atoms with E-state index in [9.17, 15) is 4.79 Å². The third-order valence-corrected chi connectivity index (χ3v) is 4.93. The molecule has 0 aliphatic carbocycles. The Hall–Kier alpha value is -1.79. The number of rotatable bonds is 3. The maximum absolute atomic E-state index is 12.5. The number of amides is 1. The lowest BCUT2D eigenvalue weighted by molar-refractivity contribution is 0.0783. The zero-order valence-electron chi connectivity index (χ0n) is 12.1. The van der Waals surface area contributed by atoms with E-state index in [1.165, 1.54) is 0 Å². The normalized spacial score (nSPS) is 11.0. The van der Waals surface area contributed by atoms with Crippen LogP contribution in [-0.2, 0) is 6.54 Å². The molecular formula is C15H15N3OS2. The molecule has 0 N–H and O–H groups in total. The van der Waals surface area contributed by atoms with Crippen LogP contribution in [0.25, 0.3) is 10.2 Å². The molecule has 0 fully saturated rings. The summed E-state index contributed by atoms with van der Waals surface area (Å²) >= 11 is 3.24. The van der Waals surface area contributed by atoms with E-state index in [2.05, 4.69) is 9.97 Å². The van der Waals surface area contributed by atoms with Crippen LogP contribution in [0.1, 0.15) is 26.1 Å². The highest BCUT2D eigenvalue weighted by Crippen LogP contribution is 2.23. The highest BCUT2D eigenvalue weighted by Gasteiger charge is 2.14. The van der Waals surface area contributed by atoms with Gasteiger partial charge in [0.15, 0.2) is 0 Å². The molecule has 1 amide bonds. The number of carbonyl (C=O) groups excluding carboxylic acids is 1. The van der Waals surface area contributed by atoms with Crippen molar-refractivity contribution in [1.29, 1.82) is 0 Å². The van der Waals surface area contributed by atoms with E-state index in [4.69, 9.17) is 0 Å². The quantitative estimate of drug-likeness (QED) is 0.741. The van der Waals surface area contributed by atoms with Gasteiger partial charge in [0, 0.05) is 18.0 Å². The Morgan fingerprint density at radius 1 is 1.24 bits per heavy atom. The van der Waals surface area contributed by atoms with Gasteiger partial charge in [-0.2, -0.15) is 0 Å². The summed E-state index contributed by atoms with van der Waals surface area (Å²) in [7, 11) is 1.80. The van der Waals surface area contributed by atoms with Gasteiger partial charge in [-0.15, -0.1) is 22.7 Å². The van der Waals surface area contributed by atoms with Gasteiger partial charge in [0.25, 0.3) is 5.91 Å². The van der Waals surface area contributed by atoms with E-state index < -0.39 is 0 Å². The van der Waals surface area contributed by atoms with Crippen molar-refractivity contribution < 1.29 is 4.79 Å². The SMILES string of the molecule is Cc1nc(CN(C)C(=O)c2ccc3sc(C)nc3c2)cs1. The van der Waals surface area contributed by atoms with Gasteiger partial charge in [-0.1, -0.05) is 0 Å². The lowest BCUT2D eigenvalue weighted by Crippen LogP contribution is -2.26. The van der Waals surface area contributed by atoms with E-state index in [0.29, 0.717) is 12.1 Å². The van der Waals surface area contributed by atoms with Gasteiger partial charge in [0.2, 0.25) is 0 Å². The van der Waals surface area contributed by atoms with Gasteiger partial charge in [-0.25, -0.2) is 9.97 Å². The fraction of sp³-hybridized carbons (Fsp3) is 0.267. The minimum atomic E-state index is -0.00629. The van der Waals surface area contributed by atoms with Crippen molar-refractivity contribution in [3.05, 3.63) is 44.9 Å². The molecule has 1 aromatic carbocycles. The summed E-state index contributed by atoms with van der Waals surface area (Å²) in [4.78, 5) is 23.0. The van der Waals surface area contributed by atoms with Crippen LogP contribution < -0.4 is 0 Å². The molecule has 0 aliphatic rings. The molecule has 6 heteroatoms. The van der Waals surface area contributed by atoms with E-state index in [1.54, 1.807) is 34.6 Å². The molecule has 4 nitrogen and oxygen atoms in total. The molecule has 0 radical (unpaired) electrons. The lowest BCUT2D eigenvalue weighted by Gasteiger charge is -2.15. The number of benzene rings is 1. The number of thiazole rings is 2. The smallest absolute Gasteiger partial charge is 0.254 e. The maximum Gasteiger partial charge on any atom is 0.254 e. The van der Waals surface area contributed by atoms with Crippen LogP contribution in [-0.4, -0.2) is 27.8 Å². The average molecular weight is 317 g/mol. The van der Waals surface area contributed by atoms with Crippen molar-refractivity contribution in [1.82, 2.24) is 14.9 Å². The van der Waals surface area contributed by atoms with Crippen LogP contribution in [0.4, 0.5) is 0 Å². The first-order chi connectivity index (χ1) is 10.0. The van der Waals surface area contributed by atoms with Crippen molar-refractivity contribution in [2.75, 3.05) is 7.05 Å². The second kappa shape index (κ2) is 5.54. The van der Waals surface area contributed by atoms with Crippen LogP contribution in [0.15, 0.2) is 23.6 Å². The highest BCUT2D eigenvalue weighted by molar-refractivity contribution is 7.18. The highest BCUT2D eigenvalue weighted by atomic mass is 32.1. The third kappa shape index (κ3) is 2.96. The summed E-state index contributed by atoms with van der Waals surface area (Å²) in [6, 6.07) is 5.70. The van der Waals surface area contributed by atoms with Crippen LogP contribution in [0, 0.1) is 13.8 Å². The first-order valence-electron chi connectivity index (χ1n) is 6.56. The molecule has 0 unspecified atom stereocenters. The summed E-state index contributed by atoms with van der Waals surface area (Å²) in [6.45, 7) is 4.47. The standard InChI is InChI=1S/C15H15N3OS2/c1-9-16-12(8-20-9)7-18(3)15(19)11-4-5-14-13(6-11)17-10(2)21-14/h4-6,8H,7H2,1-3H3. The minimum absolute atomic E-state index is 0.00629. The molecule has 0 atom stereocenters. The minimum Gasteiger partial charge on any atom is -0.336 e. The molecule has 0 saturated heterocycles. The summed E-state index contributed by atoms with van der Waals surface area (Å²) in [5, 5.41) is 4.03. The molecule has 3 aromatic rings. The molecule has 3 rings (SSSR count). The molecule has 21 heavy (non-hydrogen) atoms. The van der Waals surface area contributed by atoms with Gasteiger partial charge >= 0.3 is 0 Å². The fourth-order valence-corrected chi connectivity index (χ4v) is 3.60. The van der Waals surface area contributed by atoms with E-state index in [0.717, 1.165) is 25.9 Å². The number of nitrogens with zero attached hydrogens (tertiary/aromatic N) is 3. The first-order valence-corrected chi connectivity index (χ1v) is 8.26. The fourth-order valence-electron chi connectivity index (χ4n) is 2.19. The summed E-state index contributed by atoms with van der Waals surface area (Å²) < 4.78 is 1.11. The molecule has 2 aromatic heterocycles. The molecule has 0 spiro atoms. The van der Waals surface area contributed by atoms with Crippen LogP contribution in [0.2, 0.25) is 0 Å². The number of aryl methyl sites for hydroxylation is 2. The molecule has 108 valence electrons. The Balaban J connectivity index is 1.81. The van der Waals surface area contributed by atoms with Crippen molar-refractivity contribution >= 4 is 38.8 Å². The van der Waals surface area contributed by atoms with Gasteiger partial charge in [-0.3, -0.25) is 4.79 Å². The number of hydrogen-bond donors (Lipinski definition) is 0. The van der Waals surface area contributed by atoms with Crippen molar-refractivity contribution in [2.45, 2.75) is 20.4 Å². The Kier molecular flexibility index (Phi) is 3.73. The maximum atomic E-state index is 12.5. The zero-order valence-corrected chi connectivity index (χ0v) is 13.7. The van der Waals surface area contributed by atoms with Gasteiger partial charge in [-0.05, 0) is 32.0 Å². The first kappa shape index (κ1) is 14.2. The second-order valence-electron chi connectivity index (χ2n) is 4.93. The Morgan fingerprint density at radius 2 is 2.05 bits per heavy atom. The van der Waals surface area contributed by atoms with Gasteiger partial charge in [0.05, 0.1) is 32.5 Å². The predicted octanol–water partition coefficient (Wildman–Crippen LogP) is 3.64. The molecule has 0 saturated carbocycles. The molecule has 2 heterocycles. The van der Waals surface area contributed by atoms with Crippen LogP contribution >= 0.6 is 22.7 Å². The Morgan fingerprint density at radius 3 is 2.76 bits per heavy atom. The summed E-state index contributed by atoms with van der Waals surface area (Å²) in [6.07, 6.45) is 0. The summed E-state index contributed by atoms with van der Waals surface area (Å²) in [5.74, 6) is -0.00629. The predicted molar refractivity (Wildman–Crippen MR) is 87.0 cm³/mol. The number of hydrogen-bond acceptors (Lipinski definition) is 5. The van der Waals surface area contributed by atoms with Crippen molar-refractivity contribution in [3.63, 3.8) is 0 Å². The van der Waals surface area contributed by atoms with Crippen LogP contribution in [0.5, 0.6) is 0 Å². The number of aromatic nitrogens is 2. The van der Waals surface area contributed by atoms with Crippen molar-refractivity contribution in [2.24, 2.45) is 0 Å². The lowest BCUT2D eigenvalue weighted by atomic mass is 10.2. The molecule has 0 aliphatic heterocycles. The third-order valence-electron chi connectivity index (χ3n) is 3.15. The van der Waals surface area contributed by atoms with E-state index >= 15 is 0 Å². The topological polar surface area (TPSA) is 46.1 Å².